The molecule has 0 fully saturated rings. The second-order valence-corrected chi connectivity index (χ2v) is 5.54. The van der Waals surface area contributed by atoms with Crippen molar-refractivity contribution < 1.29 is 18.8 Å². The number of ether oxygens (including phenoxy) is 2. The normalized spacial score (nSPS) is 13.4. The van der Waals surface area contributed by atoms with E-state index in [1.807, 2.05) is 4.90 Å². The predicted molar refractivity (Wildman–Crippen MR) is 87.4 cm³/mol. The highest BCUT2D eigenvalue weighted by Crippen LogP contribution is 2.41. The van der Waals surface area contributed by atoms with E-state index in [0.29, 0.717) is 36.7 Å². The van der Waals surface area contributed by atoms with Crippen molar-refractivity contribution in [3.05, 3.63) is 57.4 Å². The molecule has 6 nitrogen and oxygen atoms in total. The molecule has 0 bridgehead atoms. The number of nitrogens with zero attached hydrogens (tertiary/aromatic N) is 2. The van der Waals surface area contributed by atoms with Gasteiger partial charge in [0.2, 0.25) is 0 Å². The summed E-state index contributed by atoms with van der Waals surface area (Å²) in [5.74, 6) is 0.481. The molecule has 3 rings (SSSR count). The maximum Gasteiger partial charge on any atom is 0.296 e. The average Bonchev–Trinajstić information content (AvgIpc) is 2.59. The second kappa shape index (κ2) is 6.35. The zero-order chi connectivity index (χ0) is 17.3. The number of nitro benzene ring substituents is 1. The van der Waals surface area contributed by atoms with Crippen molar-refractivity contribution in [2.75, 3.05) is 25.7 Å². The number of halogens is 1. The largest absolute Gasteiger partial charge is 0.493 e. The Hall–Kier alpha value is -2.83. The summed E-state index contributed by atoms with van der Waals surface area (Å²) in [7, 11) is 2.93. The standard InChI is InChI=1S/C17H17FN2O4/c1-23-16-8-14(15(20(21)22)9-17(16)24-2)19-6-5-11-7-13(18)4-3-12(11)10-19/h3-4,7-9H,5-6,10H2,1-2H3. The monoisotopic (exact) mass is 332 g/mol. The Morgan fingerprint density at radius 1 is 1.12 bits per heavy atom. The van der Waals surface area contributed by atoms with Gasteiger partial charge in [0.05, 0.1) is 25.2 Å². The highest BCUT2D eigenvalue weighted by molar-refractivity contribution is 5.70. The first kappa shape index (κ1) is 16.0. The molecule has 0 amide bonds. The van der Waals surface area contributed by atoms with Crippen LogP contribution in [0.3, 0.4) is 0 Å². The molecule has 2 aromatic carbocycles. The lowest BCUT2D eigenvalue weighted by Gasteiger charge is -2.30. The van der Waals surface area contributed by atoms with Gasteiger partial charge in [0.1, 0.15) is 11.5 Å². The lowest BCUT2D eigenvalue weighted by molar-refractivity contribution is -0.384. The minimum atomic E-state index is -0.433. The van der Waals surface area contributed by atoms with E-state index in [1.165, 1.54) is 32.4 Å². The van der Waals surface area contributed by atoms with Gasteiger partial charge in [0, 0.05) is 19.2 Å². The SMILES string of the molecule is COc1cc(N2CCc3cc(F)ccc3C2)c([N+](=O)[O-])cc1OC. The van der Waals surface area contributed by atoms with Crippen molar-refractivity contribution in [3.8, 4) is 11.5 Å². The molecule has 0 atom stereocenters. The molecule has 0 spiro atoms. The molecule has 0 saturated heterocycles. The van der Waals surface area contributed by atoms with E-state index in [0.717, 1.165) is 11.1 Å². The van der Waals surface area contributed by atoms with E-state index in [-0.39, 0.29) is 11.5 Å². The first-order valence-electron chi connectivity index (χ1n) is 7.46. The first-order chi connectivity index (χ1) is 11.5. The number of benzene rings is 2. The van der Waals surface area contributed by atoms with E-state index >= 15 is 0 Å². The summed E-state index contributed by atoms with van der Waals surface area (Å²) in [6.45, 7) is 1.04. The smallest absolute Gasteiger partial charge is 0.296 e. The van der Waals surface area contributed by atoms with Gasteiger partial charge in [-0.25, -0.2) is 4.39 Å². The van der Waals surface area contributed by atoms with Crippen molar-refractivity contribution in [1.82, 2.24) is 0 Å². The third-order valence-corrected chi connectivity index (χ3v) is 4.20. The topological polar surface area (TPSA) is 64.8 Å². The molecule has 0 N–H and O–H groups in total. The molecule has 7 heteroatoms. The highest BCUT2D eigenvalue weighted by atomic mass is 19.1. The fourth-order valence-corrected chi connectivity index (χ4v) is 2.98. The molecule has 2 aromatic rings. The molecule has 0 unspecified atom stereocenters. The number of anilines is 1. The van der Waals surface area contributed by atoms with E-state index in [2.05, 4.69) is 0 Å². The molecule has 1 aliphatic heterocycles. The van der Waals surface area contributed by atoms with Gasteiger partial charge in [0.25, 0.3) is 5.69 Å². The maximum absolute atomic E-state index is 13.3. The second-order valence-electron chi connectivity index (χ2n) is 5.54. The molecule has 24 heavy (non-hydrogen) atoms. The summed E-state index contributed by atoms with van der Waals surface area (Å²) in [6.07, 6.45) is 0.624. The third kappa shape index (κ3) is 2.84. The van der Waals surface area contributed by atoms with Gasteiger partial charge in [0.15, 0.2) is 11.5 Å². The van der Waals surface area contributed by atoms with Gasteiger partial charge in [-0.2, -0.15) is 0 Å². The van der Waals surface area contributed by atoms with Crippen LogP contribution in [0.4, 0.5) is 15.8 Å². The molecule has 0 aromatic heterocycles. The van der Waals surface area contributed by atoms with Crippen molar-refractivity contribution >= 4 is 11.4 Å². The van der Waals surface area contributed by atoms with Crippen molar-refractivity contribution in [2.45, 2.75) is 13.0 Å². The van der Waals surface area contributed by atoms with Gasteiger partial charge < -0.3 is 14.4 Å². The Morgan fingerprint density at radius 2 is 1.83 bits per heavy atom. The van der Waals surface area contributed by atoms with Gasteiger partial charge >= 0.3 is 0 Å². The fraction of sp³-hybridized carbons (Fsp3) is 0.294. The molecule has 0 radical (unpaired) electrons. The molecule has 126 valence electrons. The van der Waals surface area contributed by atoms with Gasteiger partial charge in [-0.05, 0) is 29.7 Å². The van der Waals surface area contributed by atoms with Crippen LogP contribution in [0.1, 0.15) is 11.1 Å². The summed E-state index contributed by atoms with van der Waals surface area (Å²) in [5, 5.41) is 11.5. The lowest BCUT2D eigenvalue weighted by Crippen LogP contribution is -2.31. The van der Waals surface area contributed by atoms with Crippen molar-refractivity contribution in [3.63, 3.8) is 0 Å². The zero-order valence-electron chi connectivity index (χ0n) is 13.4. The minimum absolute atomic E-state index is 0.0433. The summed E-state index contributed by atoms with van der Waals surface area (Å²) in [6, 6.07) is 7.64. The number of hydrogen-bond donors (Lipinski definition) is 0. The van der Waals surface area contributed by atoms with Crippen LogP contribution in [0.25, 0.3) is 0 Å². The summed E-state index contributed by atoms with van der Waals surface area (Å²) in [4.78, 5) is 12.9. The Balaban J connectivity index is 2.02. The lowest BCUT2D eigenvalue weighted by atomic mass is 9.99. The molecule has 1 heterocycles. The van der Waals surface area contributed by atoms with Gasteiger partial charge in [-0.1, -0.05) is 6.07 Å². The van der Waals surface area contributed by atoms with Crippen LogP contribution >= 0.6 is 0 Å². The van der Waals surface area contributed by atoms with E-state index in [9.17, 15) is 14.5 Å². The summed E-state index contributed by atoms with van der Waals surface area (Å²) < 4.78 is 23.7. The number of methoxy groups -OCH3 is 2. The van der Waals surface area contributed by atoms with E-state index in [1.54, 1.807) is 12.1 Å². The Morgan fingerprint density at radius 3 is 2.50 bits per heavy atom. The highest BCUT2D eigenvalue weighted by Gasteiger charge is 2.26. The van der Waals surface area contributed by atoms with Crippen molar-refractivity contribution in [1.29, 1.82) is 0 Å². The van der Waals surface area contributed by atoms with Crippen LogP contribution in [0.5, 0.6) is 11.5 Å². The van der Waals surface area contributed by atoms with Gasteiger partial charge in [-0.15, -0.1) is 0 Å². The van der Waals surface area contributed by atoms with Crippen LogP contribution in [0, 0.1) is 15.9 Å². The molecular formula is C17H17FN2O4. The summed E-state index contributed by atoms with van der Waals surface area (Å²) >= 11 is 0. The molecule has 0 saturated carbocycles. The van der Waals surface area contributed by atoms with Crippen LogP contribution in [-0.4, -0.2) is 25.7 Å². The Kier molecular flexibility index (Phi) is 4.24. The van der Waals surface area contributed by atoms with Crippen LogP contribution in [0.2, 0.25) is 0 Å². The molecule has 1 aliphatic rings. The number of fused-ring (bicyclic) bond motifs is 1. The maximum atomic E-state index is 13.3. The zero-order valence-corrected chi connectivity index (χ0v) is 13.4. The fourth-order valence-electron chi connectivity index (χ4n) is 2.98. The molecule has 0 aliphatic carbocycles. The van der Waals surface area contributed by atoms with E-state index in [4.69, 9.17) is 9.47 Å². The number of nitro groups is 1. The van der Waals surface area contributed by atoms with Crippen LogP contribution in [0.15, 0.2) is 30.3 Å². The average molecular weight is 332 g/mol. The number of rotatable bonds is 4. The quantitative estimate of drug-likeness (QED) is 0.635. The van der Waals surface area contributed by atoms with Crippen LogP contribution < -0.4 is 14.4 Å². The van der Waals surface area contributed by atoms with Crippen LogP contribution in [-0.2, 0) is 13.0 Å². The van der Waals surface area contributed by atoms with E-state index < -0.39 is 4.92 Å². The molecular weight excluding hydrogens is 315 g/mol. The number of hydrogen-bond acceptors (Lipinski definition) is 5. The van der Waals surface area contributed by atoms with Gasteiger partial charge in [-0.3, -0.25) is 10.1 Å². The van der Waals surface area contributed by atoms with Crippen molar-refractivity contribution in [2.24, 2.45) is 0 Å². The minimum Gasteiger partial charge on any atom is -0.493 e. The predicted octanol–water partition coefficient (Wildman–Crippen LogP) is 3.31. The Labute approximate surface area is 138 Å². The third-order valence-electron chi connectivity index (χ3n) is 4.20. The Bertz CT molecular complexity index is 794. The first-order valence-corrected chi connectivity index (χ1v) is 7.46. The summed E-state index contributed by atoms with van der Waals surface area (Å²) in [5.41, 5.74) is 2.33.